The van der Waals surface area contributed by atoms with Crippen LogP contribution in [0.3, 0.4) is 0 Å². The summed E-state index contributed by atoms with van der Waals surface area (Å²) in [4.78, 5) is 11.7. The Morgan fingerprint density at radius 2 is 2.12 bits per heavy atom. The molecule has 0 bridgehead atoms. The molecule has 1 amide bonds. The largest absolute Gasteiger partial charge is 0.465 e. The second kappa shape index (κ2) is 6.41. The molecule has 134 valence electrons. The van der Waals surface area contributed by atoms with Gasteiger partial charge in [-0.25, -0.2) is 31.1 Å². The van der Waals surface area contributed by atoms with Crippen molar-refractivity contribution in [1.82, 2.24) is 9.62 Å². The van der Waals surface area contributed by atoms with E-state index < -0.39 is 52.9 Å². The second-order valence-electron chi connectivity index (χ2n) is 5.52. The number of nitrogens with zero attached hydrogens (tertiary/aromatic N) is 1. The normalized spacial score (nSPS) is 23.5. The molecule has 1 aliphatic rings. The number of hydrogen-bond acceptors (Lipinski definition) is 3. The van der Waals surface area contributed by atoms with E-state index in [4.69, 9.17) is 16.7 Å². The lowest BCUT2D eigenvalue weighted by molar-refractivity contribution is -0.00560. The summed E-state index contributed by atoms with van der Waals surface area (Å²) < 4.78 is 66.8. The van der Waals surface area contributed by atoms with E-state index in [-0.39, 0.29) is 10.6 Å². The Morgan fingerprint density at radius 3 is 2.67 bits per heavy atom. The summed E-state index contributed by atoms with van der Waals surface area (Å²) in [6.07, 6.45) is -1.43. The van der Waals surface area contributed by atoms with Crippen LogP contribution in [0, 0.1) is 5.82 Å². The Labute approximate surface area is 141 Å². The number of rotatable bonds is 4. The smallest absolute Gasteiger partial charge is 0.407 e. The molecule has 2 atom stereocenters. The van der Waals surface area contributed by atoms with Gasteiger partial charge in [0.05, 0.1) is 23.9 Å². The zero-order valence-corrected chi connectivity index (χ0v) is 13.9. The standard InChI is InChI=1S/C13H14ClF3N2O4S/c1-24(22,23)18-11-9(19(12(20)21)6-13(11,16)17)5-7-3-2-4-8(14)10(7)15/h2-4,9,11,18H,5-6H2,1H3,(H,20,21). The Balaban J connectivity index is 2.43. The summed E-state index contributed by atoms with van der Waals surface area (Å²) in [5.41, 5.74) is -0.0863. The quantitative estimate of drug-likeness (QED) is 0.828. The molecule has 1 heterocycles. The number of hydrogen-bond donors (Lipinski definition) is 2. The van der Waals surface area contributed by atoms with Gasteiger partial charge in [-0.05, 0) is 18.1 Å². The fourth-order valence-corrected chi connectivity index (χ4v) is 3.65. The number of benzene rings is 1. The first kappa shape index (κ1) is 18.8. The molecule has 1 fully saturated rings. The number of alkyl halides is 2. The maximum absolute atomic E-state index is 14.1. The Morgan fingerprint density at radius 1 is 1.50 bits per heavy atom. The van der Waals surface area contributed by atoms with Crippen LogP contribution >= 0.6 is 11.6 Å². The first-order valence-electron chi connectivity index (χ1n) is 6.70. The van der Waals surface area contributed by atoms with E-state index in [2.05, 4.69) is 0 Å². The molecule has 0 radical (unpaired) electrons. The van der Waals surface area contributed by atoms with Crippen molar-refractivity contribution in [3.8, 4) is 0 Å². The van der Waals surface area contributed by atoms with Gasteiger partial charge in [0.1, 0.15) is 11.9 Å². The van der Waals surface area contributed by atoms with Crippen LogP contribution in [0.5, 0.6) is 0 Å². The molecule has 1 aromatic carbocycles. The fourth-order valence-electron chi connectivity index (χ4n) is 2.67. The number of carbonyl (C=O) groups is 1. The summed E-state index contributed by atoms with van der Waals surface area (Å²) in [6.45, 7) is -1.19. The van der Waals surface area contributed by atoms with Gasteiger partial charge in [0.15, 0.2) is 0 Å². The molecule has 0 aromatic heterocycles. The molecule has 1 aliphatic heterocycles. The number of halogens is 4. The van der Waals surface area contributed by atoms with Crippen molar-refractivity contribution in [2.24, 2.45) is 0 Å². The lowest BCUT2D eigenvalue weighted by atomic mass is 9.99. The molecule has 2 unspecified atom stereocenters. The van der Waals surface area contributed by atoms with Crippen molar-refractivity contribution in [3.05, 3.63) is 34.6 Å². The van der Waals surface area contributed by atoms with Gasteiger partial charge in [-0.15, -0.1) is 0 Å². The van der Waals surface area contributed by atoms with Crippen LogP contribution in [-0.4, -0.2) is 55.3 Å². The van der Waals surface area contributed by atoms with Gasteiger partial charge in [-0.3, -0.25) is 4.90 Å². The minimum atomic E-state index is -4.04. The van der Waals surface area contributed by atoms with E-state index in [0.717, 1.165) is 0 Å². The molecular formula is C13H14ClF3N2O4S. The number of nitrogens with one attached hydrogen (secondary N) is 1. The van der Waals surface area contributed by atoms with Crippen molar-refractivity contribution >= 4 is 27.7 Å². The third-order valence-electron chi connectivity index (χ3n) is 3.67. The predicted molar refractivity (Wildman–Crippen MR) is 80.3 cm³/mol. The van der Waals surface area contributed by atoms with E-state index in [1.807, 2.05) is 0 Å². The van der Waals surface area contributed by atoms with Crippen LogP contribution in [0.25, 0.3) is 0 Å². The minimum Gasteiger partial charge on any atom is -0.465 e. The van der Waals surface area contributed by atoms with Crippen molar-refractivity contribution in [3.63, 3.8) is 0 Å². The highest BCUT2D eigenvalue weighted by Gasteiger charge is 2.57. The Hall–Kier alpha value is -1.52. The van der Waals surface area contributed by atoms with E-state index in [1.54, 1.807) is 4.72 Å². The average Bonchev–Trinajstić information content (AvgIpc) is 2.66. The van der Waals surface area contributed by atoms with E-state index in [0.29, 0.717) is 11.2 Å². The van der Waals surface area contributed by atoms with Crippen LogP contribution < -0.4 is 4.72 Å². The first-order chi connectivity index (χ1) is 10.9. The van der Waals surface area contributed by atoms with Crippen molar-refractivity contribution in [2.45, 2.75) is 24.4 Å². The zero-order valence-electron chi connectivity index (χ0n) is 12.3. The van der Waals surface area contributed by atoms with Gasteiger partial charge in [0, 0.05) is 0 Å². The van der Waals surface area contributed by atoms with Crippen molar-refractivity contribution < 1.29 is 31.5 Å². The lowest BCUT2D eigenvalue weighted by Crippen LogP contribution is -2.52. The number of sulfonamides is 1. The Bertz CT molecular complexity index is 760. The number of amides is 1. The third-order valence-corrected chi connectivity index (χ3v) is 4.64. The molecule has 2 N–H and O–H groups in total. The second-order valence-corrected chi connectivity index (χ2v) is 7.71. The summed E-state index contributed by atoms with van der Waals surface area (Å²) in [6, 6.07) is 0.417. The van der Waals surface area contributed by atoms with Gasteiger partial charge < -0.3 is 5.11 Å². The molecule has 1 aromatic rings. The third kappa shape index (κ3) is 3.93. The summed E-state index contributed by atoms with van der Waals surface area (Å²) >= 11 is 5.63. The van der Waals surface area contributed by atoms with E-state index >= 15 is 0 Å². The van der Waals surface area contributed by atoms with Gasteiger partial charge in [0.2, 0.25) is 10.0 Å². The van der Waals surface area contributed by atoms with E-state index in [1.165, 1.54) is 18.2 Å². The number of carboxylic acid groups (broad SMARTS) is 1. The van der Waals surface area contributed by atoms with Crippen LogP contribution in [-0.2, 0) is 16.4 Å². The molecule has 0 saturated carbocycles. The minimum absolute atomic E-state index is 0.0863. The van der Waals surface area contributed by atoms with Gasteiger partial charge in [0.25, 0.3) is 5.92 Å². The summed E-state index contributed by atoms with van der Waals surface area (Å²) in [5.74, 6) is -4.50. The maximum Gasteiger partial charge on any atom is 0.407 e. The highest BCUT2D eigenvalue weighted by Crippen LogP contribution is 2.35. The molecule has 6 nitrogen and oxygen atoms in total. The molecule has 11 heteroatoms. The van der Waals surface area contributed by atoms with Gasteiger partial charge in [-0.2, -0.15) is 0 Å². The zero-order chi connectivity index (χ0) is 18.3. The summed E-state index contributed by atoms with van der Waals surface area (Å²) in [5, 5.41) is 8.89. The topological polar surface area (TPSA) is 86.7 Å². The van der Waals surface area contributed by atoms with Gasteiger partial charge in [-0.1, -0.05) is 23.7 Å². The lowest BCUT2D eigenvalue weighted by Gasteiger charge is -2.26. The van der Waals surface area contributed by atoms with Crippen molar-refractivity contribution in [1.29, 1.82) is 0 Å². The number of likely N-dealkylation sites (tertiary alicyclic amines) is 1. The van der Waals surface area contributed by atoms with Crippen LogP contribution in [0.1, 0.15) is 5.56 Å². The first-order valence-corrected chi connectivity index (χ1v) is 8.97. The molecule has 0 aliphatic carbocycles. The van der Waals surface area contributed by atoms with Crippen molar-refractivity contribution in [2.75, 3.05) is 12.8 Å². The molecule has 24 heavy (non-hydrogen) atoms. The fraction of sp³-hybridized carbons (Fsp3) is 0.462. The molecule has 2 rings (SSSR count). The highest BCUT2D eigenvalue weighted by atomic mass is 35.5. The van der Waals surface area contributed by atoms with Crippen LogP contribution in [0.2, 0.25) is 5.02 Å². The molecular weight excluding hydrogens is 373 g/mol. The van der Waals surface area contributed by atoms with Gasteiger partial charge >= 0.3 is 6.09 Å². The monoisotopic (exact) mass is 386 g/mol. The van der Waals surface area contributed by atoms with E-state index in [9.17, 15) is 26.4 Å². The highest BCUT2D eigenvalue weighted by molar-refractivity contribution is 7.88. The predicted octanol–water partition coefficient (Wildman–Crippen LogP) is 1.94. The average molecular weight is 387 g/mol. The Kier molecular flexibility index (Phi) is 5.03. The SMILES string of the molecule is CS(=O)(=O)NC1C(Cc2cccc(Cl)c2F)N(C(=O)O)CC1(F)F. The molecule has 0 spiro atoms. The maximum atomic E-state index is 14.1. The molecule has 1 saturated heterocycles. The van der Waals surface area contributed by atoms with Crippen LogP contribution in [0.15, 0.2) is 18.2 Å². The van der Waals surface area contributed by atoms with Crippen LogP contribution in [0.4, 0.5) is 18.0 Å². The summed E-state index contributed by atoms with van der Waals surface area (Å²) in [7, 11) is -4.04.